The Hall–Kier alpha value is -1.10. The van der Waals surface area contributed by atoms with Crippen LogP contribution in [0.3, 0.4) is 0 Å². The van der Waals surface area contributed by atoms with E-state index in [9.17, 15) is 9.59 Å². The fourth-order valence-corrected chi connectivity index (χ4v) is 2.82. The Morgan fingerprint density at radius 1 is 1.56 bits per heavy atom. The van der Waals surface area contributed by atoms with E-state index in [0.717, 1.165) is 19.3 Å². The van der Waals surface area contributed by atoms with Gasteiger partial charge < -0.3 is 15.0 Å². The van der Waals surface area contributed by atoms with Crippen molar-refractivity contribution in [2.45, 2.75) is 50.7 Å². The van der Waals surface area contributed by atoms with Gasteiger partial charge in [-0.15, -0.1) is 0 Å². The molecular weight excluding hydrogens is 232 g/mol. The van der Waals surface area contributed by atoms with Crippen molar-refractivity contribution in [3.63, 3.8) is 0 Å². The minimum absolute atomic E-state index is 0.0304. The van der Waals surface area contributed by atoms with Crippen molar-refractivity contribution >= 4 is 11.8 Å². The molecule has 0 spiro atoms. The first-order chi connectivity index (χ1) is 8.62. The second-order valence-electron chi connectivity index (χ2n) is 5.22. The number of hydrogen-bond donors (Lipinski definition) is 1. The van der Waals surface area contributed by atoms with Gasteiger partial charge in [0, 0.05) is 20.2 Å². The van der Waals surface area contributed by atoms with Crippen molar-refractivity contribution < 1.29 is 14.3 Å². The number of nitrogens with one attached hydrogen (secondary N) is 1. The third-order valence-corrected chi connectivity index (χ3v) is 4.21. The minimum atomic E-state index is -0.305. The molecule has 0 aromatic heterocycles. The molecule has 0 radical (unpaired) electrons. The van der Waals surface area contributed by atoms with Gasteiger partial charge in [0.15, 0.2) is 0 Å². The maximum absolute atomic E-state index is 12.3. The van der Waals surface area contributed by atoms with Gasteiger partial charge in [-0.1, -0.05) is 6.92 Å². The molecule has 1 aliphatic heterocycles. The molecule has 5 nitrogen and oxygen atoms in total. The third kappa shape index (κ3) is 2.36. The molecule has 1 atom stereocenters. The maximum atomic E-state index is 12.3. The molecule has 5 heteroatoms. The number of ether oxygens (including phenoxy) is 1. The van der Waals surface area contributed by atoms with Crippen LogP contribution in [0.1, 0.15) is 39.0 Å². The minimum Gasteiger partial charge on any atom is -0.378 e. The lowest BCUT2D eigenvalue weighted by Gasteiger charge is -2.42. The predicted molar refractivity (Wildman–Crippen MR) is 67.0 cm³/mol. The van der Waals surface area contributed by atoms with Crippen LogP contribution in [0.15, 0.2) is 0 Å². The molecule has 0 bridgehead atoms. The van der Waals surface area contributed by atoms with Crippen LogP contribution >= 0.6 is 0 Å². The van der Waals surface area contributed by atoms with Gasteiger partial charge in [0.05, 0.1) is 12.0 Å². The van der Waals surface area contributed by atoms with Crippen LogP contribution in [0.4, 0.5) is 0 Å². The van der Waals surface area contributed by atoms with E-state index in [1.165, 1.54) is 0 Å². The van der Waals surface area contributed by atoms with E-state index in [1.54, 1.807) is 12.0 Å². The summed E-state index contributed by atoms with van der Waals surface area (Å²) in [6, 6.07) is -0.305. The number of piperazine rings is 1. The summed E-state index contributed by atoms with van der Waals surface area (Å²) >= 11 is 0. The molecule has 1 heterocycles. The van der Waals surface area contributed by atoms with E-state index in [-0.39, 0.29) is 23.5 Å². The number of rotatable bonds is 4. The normalized spacial score (nSPS) is 26.4. The summed E-state index contributed by atoms with van der Waals surface area (Å²) in [4.78, 5) is 25.8. The zero-order valence-electron chi connectivity index (χ0n) is 11.2. The summed E-state index contributed by atoms with van der Waals surface area (Å²) in [5, 5.41) is 2.81. The van der Waals surface area contributed by atoms with E-state index >= 15 is 0 Å². The highest BCUT2D eigenvalue weighted by Crippen LogP contribution is 2.38. The van der Waals surface area contributed by atoms with Crippen LogP contribution in [0.25, 0.3) is 0 Å². The van der Waals surface area contributed by atoms with Crippen LogP contribution in [-0.4, -0.2) is 48.6 Å². The quantitative estimate of drug-likeness (QED) is 0.802. The Morgan fingerprint density at radius 2 is 2.28 bits per heavy atom. The Morgan fingerprint density at radius 3 is 2.78 bits per heavy atom. The van der Waals surface area contributed by atoms with Crippen molar-refractivity contribution in [3.05, 3.63) is 0 Å². The Labute approximate surface area is 108 Å². The lowest BCUT2D eigenvalue weighted by Crippen LogP contribution is -2.58. The number of amides is 2. The molecule has 1 unspecified atom stereocenters. The second-order valence-corrected chi connectivity index (χ2v) is 5.22. The summed E-state index contributed by atoms with van der Waals surface area (Å²) in [6.45, 7) is 3.11. The summed E-state index contributed by atoms with van der Waals surface area (Å²) in [5.41, 5.74) is -0.261. The molecule has 2 aliphatic rings. The Kier molecular flexibility index (Phi) is 3.90. The maximum Gasteiger partial charge on any atom is 0.242 e. The summed E-state index contributed by atoms with van der Waals surface area (Å²) < 4.78 is 5.48. The zero-order chi connectivity index (χ0) is 13.2. The van der Waals surface area contributed by atoms with Gasteiger partial charge in [0.1, 0.15) is 6.04 Å². The summed E-state index contributed by atoms with van der Waals surface area (Å²) in [5.74, 6) is 0.0235. The van der Waals surface area contributed by atoms with E-state index in [2.05, 4.69) is 5.32 Å². The molecule has 2 fully saturated rings. The van der Waals surface area contributed by atoms with Gasteiger partial charge in [-0.3, -0.25) is 9.59 Å². The van der Waals surface area contributed by atoms with Crippen molar-refractivity contribution in [3.8, 4) is 0 Å². The molecule has 1 aliphatic carbocycles. The van der Waals surface area contributed by atoms with Gasteiger partial charge >= 0.3 is 0 Å². The number of hydrogen-bond acceptors (Lipinski definition) is 3. The first-order valence-corrected chi connectivity index (χ1v) is 6.74. The highest BCUT2D eigenvalue weighted by molar-refractivity contribution is 5.89. The molecule has 2 rings (SSSR count). The smallest absolute Gasteiger partial charge is 0.242 e. The standard InChI is InChI=1S/C13H22N2O3/c1-3-10-12(17)14-7-8-15(10)11(16)9-13(18-2)5-4-6-13/h10H,3-9H2,1-2H3,(H,14,17). The van der Waals surface area contributed by atoms with Crippen molar-refractivity contribution in [2.75, 3.05) is 20.2 Å². The molecule has 1 saturated heterocycles. The highest BCUT2D eigenvalue weighted by Gasteiger charge is 2.42. The van der Waals surface area contributed by atoms with Gasteiger partial charge in [-0.05, 0) is 25.7 Å². The average molecular weight is 254 g/mol. The van der Waals surface area contributed by atoms with Crippen LogP contribution in [0, 0.1) is 0 Å². The zero-order valence-corrected chi connectivity index (χ0v) is 11.2. The third-order valence-electron chi connectivity index (χ3n) is 4.21. The largest absolute Gasteiger partial charge is 0.378 e. The van der Waals surface area contributed by atoms with Gasteiger partial charge in [0.25, 0.3) is 0 Å². The van der Waals surface area contributed by atoms with Crippen molar-refractivity contribution in [1.82, 2.24) is 10.2 Å². The van der Waals surface area contributed by atoms with Crippen molar-refractivity contribution in [2.24, 2.45) is 0 Å². The molecule has 0 aromatic carbocycles. The van der Waals surface area contributed by atoms with E-state index in [0.29, 0.717) is 25.9 Å². The number of methoxy groups -OCH3 is 1. The van der Waals surface area contributed by atoms with E-state index in [4.69, 9.17) is 4.74 Å². The van der Waals surface area contributed by atoms with Crippen LogP contribution in [-0.2, 0) is 14.3 Å². The van der Waals surface area contributed by atoms with Gasteiger partial charge in [0.2, 0.25) is 11.8 Å². The SMILES string of the molecule is CCC1C(=O)NCCN1C(=O)CC1(OC)CCC1. The number of carbonyl (C=O) groups excluding carboxylic acids is 2. The molecular formula is C13H22N2O3. The molecule has 1 saturated carbocycles. The van der Waals surface area contributed by atoms with Crippen LogP contribution < -0.4 is 5.32 Å². The van der Waals surface area contributed by atoms with E-state index < -0.39 is 0 Å². The lowest BCUT2D eigenvalue weighted by molar-refractivity contribution is -0.152. The van der Waals surface area contributed by atoms with E-state index in [1.807, 2.05) is 6.92 Å². The van der Waals surface area contributed by atoms with Crippen molar-refractivity contribution in [1.29, 1.82) is 0 Å². The highest BCUT2D eigenvalue weighted by atomic mass is 16.5. The topological polar surface area (TPSA) is 58.6 Å². The summed E-state index contributed by atoms with van der Waals surface area (Å²) in [6.07, 6.45) is 4.10. The van der Waals surface area contributed by atoms with Gasteiger partial charge in [-0.25, -0.2) is 0 Å². The number of carbonyl (C=O) groups is 2. The molecule has 102 valence electrons. The predicted octanol–water partition coefficient (Wildman–Crippen LogP) is 0.683. The monoisotopic (exact) mass is 254 g/mol. The fraction of sp³-hybridized carbons (Fsp3) is 0.846. The molecule has 18 heavy (non-hydrogen) atoms. The van der Waals surface area contributed by atoms with Crippen LogP contribution in [0.2, 0.25) is 0 Å². The first kappa shape index (κ1) is 13.3. The number of nitrogens with zero attached hydrogens (tertiary/aromatic N) is 1. The average Bonchev–Trinajstić information content (AvgIpc) is 2.33. The molecule has 2 amide bonds. The second kappa shape index (κ2) is 5.26. The fourth-order valence-electron chi connectivity index (χ4n) is 2.82. The lowest BCUT2D eigenvalue weighted by atomic mass is 9.77. The summed E-state index contributed by atoms with van der Waals surface area (Å²) in [7, 11) is 1.67. The first-order valence-electron chi connectivity index (χ1n) is 6.74. The van der Waals surface area contributed by atoms with Crippen LogP contribution in [0.5, 0.6) is 0 Å². The Bertz CT molecular complexity index is 334. The Balaban J connectivity index is 2.00. The molecule has 1 N–H and O–H groups in total. The molecule has 0 aromatic rings. The van der Waals surface area contributed by atoms with Gasteiger partial charge in [-0.2, -0.15) is 0 Å².